The quantitative estimate of drug-likeness (QED) is 0.535. The number of aromatic hydroxyl groups is 2. The van der Waals surface area contributed by atoms with Gasteiger partial charge in [0.25, 0.3) is 0 Å². The number of carbonyl (C=O) groups is 1. The summed E-state index contributed by atoms with van der Waals surface area (Å²) in [6, 6.07) is 2.49. The number of phenolic OH excluding ortho intramolecular Hbond substituents is 2. The Morgan fingerprint density at radius 2 is 1.84 bits per heavy atom. The fourth-order valence-electron chi connectivity index (χ4n) is 2.81. The van der Waals surface area contributed by atoms with E-state index in [1.807, 2.05) is 32.1 Å². The van der Waals surface area contributed by atoms with Crippen LogP contribution in [0.1, 0.15) is 49.0 Å². The van der Waals surface area contributed by atoms with Crippen molar-refractivity contribution in [3.05, 3.63) is 47.6 Å². The molecule has 0 amide bonds. The molecule has 0 saturated heterocycles. The largest absolute Gasteiger partial charge is 0.508 e. The van der Waals surface area contributed by atoms with Crippen LogP contribution in [0.3, 0.4) is 0 Å². The Bertz CT molecular complexity index is 660. The molecule has 1 aromatic carbocycles. The van der Waals surface area contributed by atoms with Crippen LogP contribution in [0.5, 0.6) is 11.5 Å². The number of rotatable bonds is 1. The lowest BCUT2D eigenvalue weighted by Gasteiger charge is -2.22. The maximum Gasteiger partial charge on any atom is 0.342 e. The first-order valence-electron chi connectivity index (χ1n) is 8.64. The highest BCUT2D eigenvalue weighted by atomic mass is 16.5. The van der Waals surface area contributed by atoms with Crippen molar-refractivity contribution in [2.24, 2.45) is 5.92 Å². The van der Waals surface area contributed by atoms with Gasteiger partial charge in [0.1, 0.15) is 23.2 Å². The normalized spacial score (nSPS) is 22.3. The highest BCUT2D eigenvalue weighted by molar-refractivity contribution is 5.94. The van der Waals surface area contributed by atoms with E-state index in [1.54, 1.807) is 6.08 Å². The summed E-state index contributed by atoms with van der Waals surface area (Å²) in [5.41, 5.74) is 0.353. The number of hydrogen-bond acceptors (Lipinski definition) is 5. The molecule has 1 aromatic rings. The third-order valence-corrected chi connectivity index (χ3v) is 4.21. The molecule has 136 valence electrons. The molecule has 1 heterocycles. The average Bonchev–Trinajstić information content (AvgIpc) is 2.51. The van der Waals surface area contributed by atoms with Gasteiger partial charge in [-0.25, -0.2) is 4.79 Å². The second kappa shape index (κ2) is 8.72. The first kappa shape index (κ1) is 19.1. The molecule has 1 aliphatic rings. The Morgan fingerprint density at radius 1 is 1.12 bits per heavy atom. The van der Waals surface area contributed by atoms with Gasteiger partial charge in [-0.1, -0.05) is 38.2 Å². The number of carbonyl (C=O) groups excluding carboxylic acids is 1. The molecule has 2 atom stereocenters. The van der Waals surface area contributed by atoms with E-state index in [4.69, 9.17) is 4.74 Å². The van der Waals surface area contributed by atoms with E-state index in [0.717, 1.165) is 18.9 Å². The number of fused-ring (bicyclic) bond motifs is 1. The molecule has 0 saturated carbocycles. The third kappa shape index (κ3) is 5.36. The number of esters is 1. The number of phenols is 2. The zero-order valence-corrected chi connectivity index (χ0v) is 14.7. The van der Waals surface area contributed by atoms with E-state index >= 15 is 0 Å². The molecule has 0 fully saturated rings. The van der Waals surface area contributed by atoms with Gasteiger partial charge in [-0.2, -0.15) is 0 Å². The van der Waals surface area contributed by atoms with E-state index in [9.17, 15) is 20.1 Å². The van der Waals surface area contributed by atoms with Crippen LogP contribution in [0, 0.1) is 5.92 Å². The van der Waals surface area contributed by atoms with Crippen LogP contribution < -0.4 is 0 Å². The van der Waals surface area contributed by atoms with Crippen LogP contribution in [0.15, 0.2) is 36.4 Å². The van der Waals surface area contributed by atoms with E-state index in [1.165, 1.54) is 6.07 Å². The molecule has 1 unspecified atom stereocenters. The second-order valence-corrected chi connectivity index (χ2v) is 6.67. The highest BCUT2D eigenvalue weighted by Crippen LogP contribution is 2.30. The van der Waals surface area contributed by atoms with Gasteiger partial charge in [0, 0.05) is 18.9 Å². The standard InChI is InChI=1S/C20H26O5/c1-13(2)18-9-7-5-3-4-6-8-15(21)10-14-11-16(22)12-17(23)19(14)20(24)25-18/h5-8,11-13,15,18,21-23H,3-4,9-10H2,1-2H3/t15?,18-/m0/s1. The molecular weight excluding hydrogens is 320 g/mol. The van der Waals surface area contributed by atoms with Crippen molar-refractivity contribution in [1.29, 1.82) is 0 Å². The Hall–Kier alpha value is -2.27. The monoisotopic (exact) mass is 346 g/mol. The summed E-state index contributed by atoms with van der Waals surface area (Å²) in [5, 5.41) is 30.0. The van der Waals surface area contributed by atoms with E-state index in [-0.39, 0.29) is 35.5 Å². The minimum atomic E-state index is -0.819. The molecule has 0 aromatic heterocycles. The summed E-state index contributed by atoms with van der Waals surface area (Å²) in [5.74, 6) is -1.03. The summed E-state index contributed by atoms with van der Waals surface area (Å²) < 4.78 is 5.61. The third-order valence-electron chi connectivity index (χ3n) is 4.21. The van der Waals surface area contributed by atoms with Crippen LogP contribution >= 0.6 is 0 Å². The fourth-order valence-corrected chi connectivity index (χ4v) is 2.81. The smallest absolute Gasteiger partial charge is 0.342 e. The van der Waals surface area contributed by atoms with Gasteiger partial charge in [-0.3, -0.25) is 0 Å². The number of allylic oxidation sites excluding steroid dienone is 2. The molecule has 0 aliphatic carbocycles. The molecule has 2 rings (SSSR count). The van der Waals surface area contributed by atoms with Gasteiger partial charge in [0.15, 0.2) is 0 Å². The zero-order valence-electron chi connectivity index (χ0n) is 14.7. The van der Waals surface area contributed by atoms with Crippen molar-refractivity contribution in [2.75, 3.05) is 0 Å². The number of ether oxygens (including phenoxy) is 1. The molecule has 0 bridgehead atoms. The van der Waals surface area contributed by atoms with Gasteiger partial charge in [0.05, 0.1) is 6.10 Å². The molecule has 5 heteroatoms. The van der Waals surface area contributed by atoms with Crippen molar-refractivity contribution in [3.63, 3.8) is 0 Å². The van der Waals surface area contributed by atoms with Crippen LogP contribution in [0.2, 0.25) is 0 Å². The minimum Gasteiger partial charge on any atom is -0.508 e. The van der Waals surface area contributed by atoms with Crippen LogP contribution in [0.25, 0.3) is 0 Å². The van der Waals surface area contributed by atoms with Gasteiger partial charge < -0.3 is 20.1 Å². The average molecular weight is 346 g/mol. The maximum atomic E-state index is 12.6. The molecule has 5 nitrogen and oxygen atoms in total. The first-order chi connectivity index (χ1) is 11.9. The summed E-state index contributed by atoms with van der Waals surface area (Å²) in [7, 11) is 0. The summed E-state index contributed by atoms with van der Waals surface area (Å²) >= 11 is 0. The number of aliphatic hydroxyl groups excluding tert-OH is 1. The van der Waals surface area contributed by atoms with E-state index < -0.39 is 12.1 Å². The predicted molar refractivity (Wildman–Crippen MR) is 95.7 cm³/mol. The first-order valence-corrected chi connectivity index (χ1v) is 8.64. The number of hydrogen-bond donors (Lipinski definition) is 3. The van der Waals surface area contributed by atoms with Crippen molar-refractivity contribution in [1.82, 2.24) is 0 Å². The lowest BCUT2D eigenvalue weighted by molar-refractivity contribution is 0.0188. The van der Waals surface area contributed by atoms with Crippen LogP contribution in [0.4, 0.5) is 0 Å². The zero-order chi connectivity index (χ0) is 18.4. The lowest BCUT2D eigenvalue weighted by Crippen LogP contribution is -2.24. The lowest BCUT2D eigenvalue weighted by atomic mass is 9.98. The Labute approximate surface area is 148 Å². The van der Waals surface area contributed by atoms with Crippen molar-refractivity contribution in [3.8, 4) is 11.5 Å². The van der Waals surface area contributed by atoms with Crippen LogP contribution in [-0.4, -0.2) is 33.5 Å². The second-order valence-electron chi connectivity index (χ2n) is 6.67. The summed E-state index contributed by atoms with van der Waals surface area (Å²) in [6.45, 7) is 3.94. The van der Waals surface area contributed by atoms with E-state index in [0.29, 0.717) is 12.0 Å². The Kier molecular flexibility index (Phi) is 6.65. The Morgan fingerprint density at radius 3 is 2.56 bits per heavy atom. The summed E-state index contributed by atoms with van der Waals surface area (Å²) in [4.78, 5) is 12.6. The molecule has 3 N–H and O–H groups in total. The van der Waals surface area contributed by atoms with Gasteiger partial charge in [-0.05, 0) is 30.4 Å². The fraction of sp³-hybridized carbons (Fsp3) is 0.450. The maximum absolute atomic E-state index is 12.6. The highest BCUT2D eigenvalue weighted by Gasteiger charge is 2.24. The van der Waals surface area contributed by atoms with Crippen LogP contribution in [-0.2, 0) is 11.2 Å². The van der Waals surface area contributed by atoms with Gasteiger partial charge in [0.2, 0.25) is 0 Å². The topological polar surface area (TPSA) is 87.0 Å². The van der Waals surface area contributed by atoms with Crippen molar-refractivity contribution >= 4 is 5.97 Å². The molecule has 1 aliphatic heterocycles. The van der Waals surface area contributed by atoms with Crippen molar-refractivity contribution < 1.29 is 24.9 Å². The SMILES string of the molecule is CC(C)[C@@H]1CC=CCCC=CC(O)Cc2cc(O)cc(O)c2C(=O)O1. The molecular formula is C20H26O5. The number of cyclic esters (lactones) is 1. The Balaban J connectivity index is 2.42. The van der Waals surface area contributed by atoms with Gasteiger partial charge in [-0.15, -0.1) is 0 Å². The summed E-state index contributed by atoms with van der Waals surface area (Å²) in [6.07, 6.45) is 8.80. The van der Waals surface area contributed by atoms with E-state index in [2.05, 4.69) is 0 Å². The van der Waals surface area contributed by atoms with Crippen molar-refractivity contribution in [2.45, 2.75) is 51.7 Å². The van der Waals surface area contributed by atoms with Gasteiger partial charge >= 0.3 is 5.97 Å². The molecule has 0 spiro atoms. The number of aliphatic hydroxyl groups is 1. The molecule has 25 heavy (non-hydrogen) atoms. The predicted octanol–water partition coefficient (Wildman–Crippen LogP) is 3.48. The molecule has 0 radical (unpaired) electrons. The number of benzene rings is 1. The minimum absolute atomic E-state index is 0.00283.